The third-order valence-corrected chi connectivity index (χ3v) is 4.53. The van der Waals surface area contributed by atoms with Gasteiger partial charge in [0.25, 0.3) is 0 Å². The molecule has 2 heteroatoms. The lowest BCUT2D eigenvalue weighted by atomic mass is 9.99. The highest BCUT2D eigenvalue weighted by atomic mass is 32.2. The predicted octanol–water partition coefficient (Wildman–Crippen LogP) is 1.76. The lowest BCUT2D eigenvalue weighted by molar-refractivity contribution is 0.537. The SMILES string of the molecule is NC1CSC2(CCCC2)C1. The highest BCUT2D eigenvalue weighted by Gasteiger charge is 2.40. The Labute approximate surface area is 66.7 Å². The van der Waals surface area contributed by atoms with E-state index in [-0.39, 0.29) is 0 Å². The van der Waals surface area contributed by atoms with E-state index in [1.807, 2.05) is 0 Å². The second-order valence-electron chi connectivity index (χ2n) is 3.67. The quantitative estimate of drug-likeness (QED) is 0.580. The van der Waals surface area contributed by atoms with Gasteiger partial charge in [-0.05, 0) is 19.3 Å². The molecule has 58 valence electrons. The summed E-state index contributed by atoms with van der Waals surface area (Å²) in [6, 6.07) is 0.503. The lowest BCUT2D eigenvalue weighted by Gasteiger charge is -2.20. The number of thioether (sulfide) groups is 1. The summed E-state index contributed by atoms with van der Waals surface area (Å²) < 4.78 is 0.652. The monoisotopic (exact) mass is 157 g/mol. The number of hydrogen-bond donors (Lipinski definition) is 1. The van der Waals surface area contributed by atoms with Gasteiger partial charge < -0.3 is 5.73 Å². The molecule has 0 aromatic heterocycles. The molecular formula is C8H15NS. The maximum absolute atomic E-state index is 5.87. The Morgan fingerprint density at radius 1 is 1.30 bits per heavy atom. The Kier molecular flexibility index (Phi) is 1.69. The van der Waals surface area contributed by atoms with E-state index < -0.39 is 0 Å². The van der Waals surface area contributed by atoms with Crippen molar-refractivity contribution in [2.45, 2.75) is 42.9 Å². The molecule has 2 N–H and O–H groups in total. The van der Waals surface area contributed by atoms with E-state index in [0.29, 0.717) is 10.8 Å². The minimum absolute atomic E-state index is 0.503. The van der Waals surface area contributed by atoms with Crippen LogP contribution in [0.4, 0.5) is 0 Å². The molecule has 1 nitrogen and oxygen atoms in total. The Morgan fingerprint density at radius 3 is 2.50 bits per heavy atom. The zero-order valence-corrected chi connectivity index (χ0v) is 7.12. The molecule has 0 radical (unpaired) electrons. The summed E-state index contributed by atoms with van der Waals surface area (Å²) in [7, 11) is 0. The predicted molar refractivity (Wildman–Crippen MR) is 46.2 cm³/mol. The van der Waals surface area contributed by atoms with E-state index in [9.17, 15) is 0 Å². The van der Waals surface area contributed by atoms with Crippen molar-refractivity contribution in [3.05, 3.63) is 0 Å². The lowest BCUT2D eigenvalue weighted by Crippen LogP contribution is -2.24. The third-order valence-electron chi connectivity index (χ3n) is 2.75. The van der Waals surface area contributed by atoms with E-state index in [1.54, 1.807) is 0 Å². The number of hydrogen-bond acceptors (Lipinski definition) is 2. The largest absolute Gasteiger partial charge is 0.327 e. The summed E-state index contributed by atoms with van der Waals surface area (Å²) in [4.78, 5) is 0. The van der Waals surface area contributed by atoms with Gasteiger partial charge in [-0.2, -0.15) is 11.8 Å². The summed E-state index contributed by atoms with van der Waals surface area (Å²) >= 11 is 2.14. The van der Waals surface area contributed by atoms with Gasteiger partial charge in [-0.3, -0.25) is 0 Å². The zero-order chi connectivity index (χ0) is 7.03. The third kappa shape index (κ3) is 1.08. The normalized spacial score (nSPS) is 37.5. The summed E-state index contributed by atoms with van der Waals surface area (Å²) in [6.45, 7) is 0. The minimum atomic E-state index is 0.503. The van der Waals surface area contributed by atoms with Crippen LogP contribution in [-0.2, 0) is 0 Å². The average Bonchev–Trinajstić information content (AvgIpc) is 2.46. The van der Waals surface area contributed by atoms with Crippen LogP contribution in [0.15, 0.2) is 0 Å². The Bertz CT molecular complexity index is 129. The van der Waals surface area contributed by atoms with Gasteiger partial charge in [-0.25, -0.2) is 0 Å². The van der Waals surface area contributed by atoms with Crippen LogP contribution in [0, 0.1) is 0 Å². The van der Waals surface area contributed by atoms with Gasteiger partial charge in [0, 0.05) is 16.5 Å². The topological polar surface area (TPSA) is 26.0 Å². The van der Waals surface area contributed by atoms with Crippen LogP contribution < -0.4 is 5.73 Å². The van der Waals surface area contributed by atoms with Crippen molar-refractivity contribution < 1.29 is 0 Å². The van der Waals surface area contributed by atoms with Crippen LogP contribution in [0.25, 0.3) is 0 Å². The van der Waals surface area contributed by atoms with Gasteiger partial charge >= 0.3 is 0 Å². The molecule has 1 saturated carbocycles. The molecule has 0 aromatic rings. The summed E-state index contributed by atoms with van der Waals surface area (Å²) in [5, 5.41) is 0. The molecule has 1 heterocycles. The Morgan fingerprint density at radius 2 is 2.00 bits per heavy atom. The van der Waals surface area contributed by atoms with Crippen molar-refractivity contribution in [1.29, 1.82) is 0 Å². The molecule has 0 aromatic carbocycles. The second-order valence-corrected chi connectivity index (χ2v) is 5.15. The first-order valence-corrected chi connectivity index (χ1v) is 5.19. The van der Waals surface area contributed by atoms with Gasteiger partial charge in [-0.1, -0.05) is 12.8 Å². The van der Waals surface area contributed by atoms with Crippen LogP contribution in [0.1, 0.15) is 32.1 Å². The molecule has 1 atom stereocenters. The molecule has 2 aliphatic rings. The molecule has 1 unspecified atom stereocenters. The van der Waals surface area contributed by atoms with Crippen LogP contribution in [0.5, 0.6) is 0 Å². The van der Waals surface area contributed by atoms with Crippen LogP contribution in [0.3, 0.4) is 0 Å². The molecule has 10 heavy (non-hydrogen) atoms. The fraction of sp³-hybridized carbons (Fsp3) is 1.00. The average molecular weight is 157 g/mol. The molecular weight excluding hydrogens is 142 g/mol. The van der Waals surface area contributed by atoms with Gasteiger partial charge in [0.1, 0.15) is 0 Å². The first kappa shape index (κ1) is 6.99. The Hall–Kier alpha value is 0.310. The highest BCUT2D eigenvalue weighted by molar-refractivity contribution is 8.01. The molecule has 1 saturated heterocycles. The van der Waals surface area contributed by atoms with Crippen LogP contribution >= 0.6 is 11.8 Å². The molecule has 2 fully saturated rings. The van der Waals surface area contributed by atoms with Crippen molar-refractivity contribution in [3.8, 4) is 0 Å². The van der Waals surface area contributed by atoms with Crippen molar-refractivity contribution in [2.75, 3.05) is 5.75 Å². The molecule has 1 spiro atoms. The summed E-state index contributed by atoms with van der Waals surface area (Å²) in [6.07, 6.45) is 7.05. The molecule has 1 aliphatic heterocycles. The van der Waals surface area contributed by atoms with Crippen molar-refractivity contribution in [3.63, 3.8) is 0 Å². The zero-order valence-electron chi connectivity index (χ0n) is 6.31. The number of nitrogens with two attached hydrogens (primary N) is 1. The van der Waals surface area contributed by atoms with E-state index in [0.717, 1.165) is 0 Å². The Balaban J connectivity index is 2.03. The molecule has 2 rings (SSSR count). The fourth-order valence-corrected chi connectivity index (χ4v) is 3.84. The fourth-order valence-electron chi connectivity index (χ4n) is 2.25. The first-order chi connectivity index (χ1) is 4.81. The molecule has 0 amide bonds. The molecule has 0 bridgehead atoms. The molecule has 1 aliphatic carbocycles. The maximum atomic E-state index is 5.87. The second kappa shape index (κ2) is 2.42. The van der Waals surface area contributed by atoms with Crippen molar-refractivity contribution in [2.24, 2.45) is 5.73 Å². The van der Waals surface area contributed by atoms with Gasteiger partial charge in [0.2, 0.25) is 0 Å². The highest BCUT2D eigenvalue weighted by Crippen LogP contribution is 2.49. The summed E-state index contributed by atoms with van der Waals surface area (Å²) in [5.74, 6) is 1.21. The standard InChI is InChI=1S/C8H15NS/c9-7-5-8(10-6-7)3-1-2-4-8/h7H,1-6,9H2. The van der Waals surface area contributed by atoms with E-state index in [2.05, 4.69) is 11.8 Å². The van der Waals surface area contributed by atoms with Crippen LogP contribution in [-0.4, -0.2) is 16.5 Å². The van der Waals surface area contributed by atoms with Gasteiger partial charge in [-0.15, -0.1) is 0 Å². The number of rotatable bonds is 0. The van der Waals surface area contributed by atoms with Crippen molar-refractivity contribution >= 4 is 11.8 Å². The maximum Gasteiger partial charge on any atom is 0.0175 e. The van der Waals surface area contributed by atoms with Gasteiger partial charge in [0.05, 0.1) is 0 Å². The van der Waals surface area contributed by atoms with Crippen LogP contribution in [0.2, 0.25) is 0 Å². The minimum Gasteiger partial charge on any atom is -0.327 e. The van der Waals surface area contributed by atoms with Crippen molar-refractivity contribution in [1.82, 2.24) is 0 Å². The van der Waals surface area contributed by atoms with E-state index in [4.69, 9.17) is 5.73 Å². The van der Waals surface area contributed by atoms with E-state index in [1.165, 1.54) is 37.9 Å². The van der Waals surface area contributed by atoms with E-state index >= 15 is 0 Å². The summed E-state index contributed by atoms with van der Waals surface area (Å²) in [5.41, 5.74) is 5.87. The first-order valence-electron chi connectivity index (χ1n) is 4.20. The smallest absolute Gasteiger partial charge is 0.0175 e. The van der Waals surface area contributed by atoms with Gasteiger partial charge in [0.15, 0.2) is 0 Å².